The number of para-hydroxylation sites is 1. The van der Waals surface area contributed by atoms with E-state index in [1.54, 1.807) is 49.4 Å². The Hall–Kier alpha value is -3.53. The van der Waals surface area contributed by atoms with Crippen molar-refractivity contribution < 1.29 is 18.3 Å². The Morgan fingerprint density at radius 3 is 2.30 bits per heavy atom. The molecule has 0 saturated carbocycles. The second-order valence-electron chi connectivity index (χ2n) is 9.20. The first kappa shape index (κ1) is 26.5. The summed E-state index contributed by atoms with van der Waals surface area (Å²) < 4.78 is 25.8. The van der Waals surface area contributed by atoms with Crippen LogP contribution < -0.4 is 5.43 Å². The third-order valence-corrected chi connectivity index (χ3v) is 8.14. The molecule has 0 unspecified atom stereocenters. The molecule has 1 fully saturated rings. The number of phenolic OH excluding ortho intramolecular Hbond substituents is 1. The summed E-state index contributed by atoms with van der Waals surface area (Å²) in [5.74, 6) is -0.0992. The average Bonchev–Trinajstić information content (AvgIpc) is 2.89. The Kier molecular flexibility index (Phi) is 8.70. The Morgan fingerprint density at radius 2 is 1.57 bits per heavy atom. The fourth-order valence-corrected chi connectivity index (χ4v) is 5.74. The molecule has 0 spiro atoms. The molecule has 0 radical (unpaired) electrons. The third kappa shape index (κ3) is 7.25. The predicted octanol–water partition coefficient (Wildman–Crippen LogP) is 2.94. The minimum atomic E-state index is -3.43. The zero-order chi connectivity index (χ0) is 26.3. The summed E-state index contributed by atoms with van der Waals surface area (Å²) >= 11 is 0. The van der Waals surface area contributed by atoms with Crippen molar-refractivity contribution in [3.05, 3.63) is 95.1 Å². The van der Waals surface area contributed by atoms with Gasteiger partial charge in [-0.3, -0.25) is 14.6 Å². The molecule has 8 nitrogen and oxygen atoms in total. The largest absolute Gasteiger partial charge is 0.507 e. The number of carbonyl (C=O) groups is 1. The fourth-order valence-electron chi connectivity index (χ4n) is 4.31. The van der Waals surface area contributed by atoms with Crippen LogP contribution in [0.1, 0.15) is 22.3 Å². The molecule has 0 bridgehead atoms. The number of hydrogen-bond acceptors (Lipinski definition) is 7. The Morgan fingerprint density at radius 1 is 0.919 bits per heavy atom. The first-order chi connectivity index (χ1) is 17.8. The summed E-state index contributed by atoms with van der Waals surface area (Å²) in [4.78, 5) is 17.0. The standard InChI is InChI=1S/C28H32N4O4S/c1-22-8-7-11-23(28(22)34)18-29-30-27(33)20-32-16-14-31(15-17-32)19-24-9-5-6-10-25(24)21-37(35,36)26-12-3-2-4-13-26/h2-13,18,34H,14-17,19-21H2,1H3,(H,30,33)/b29-18+. The number of hydrazone groups is 1. The van der Waals surface area contributed by atoms with Crippen molar-refractivity contribution in [1.29, 1.82) is 0 Å². The van der Waals surface area contributed by atoms with Crippen molar-refractivity contribution in [3.8, 4) is 5.75 Å². The maximum absolute atomic E-state index is 12.9. The van der Waals surface area contributed by atoms with Gasteiger partial charge in [0.2, 0.25) is 0 Å². The van der Waals surface area contributed by atoms with Gasteiger partial charge in [-0.25, -0.2) is 13.8 Å². The van der Waals surface area contributed by atoms with Crippen LogP contribution in [0.15, 0.2) is 82.8 Å². The molecule has 2 N–H and O–H groups in total. The van der Waals surface area contributed by atoms with Crippen molar-refractivity contribution in [2.45, 2.75) is 24.1 Å². The number of phenols is 1. The summed E-state index contributed by atoms with van der Waals surface area (Å²) in [6, 6.07) is 21.6. The van der Waals surface area contributed by atoms with Gasteiger partial charge in [0.25, 0.3) is 5.91 Å². The van der Waals surface area contributed by atoms with E-state index in [1.807, 2.05) is 30.3 Å². The van der Waals surface area contributed by atoms with Crippen molar-refractivity contribution >= 4 is 22.0 Å². The minimum Gasteiger partial charge on any atom is -0.507 e. The van der Waals surface area contributed by atoms with Crippen LogP contribution in [-0.2, 0) is 26.9 Å². The lowest BCUT2D eigenvalue weighted by Crippen LogP contribution is -2.48. The number of benzene rings is 3. The van der Waals surface area contributed by atoms with E-state index in [4.69, 9.17) is 0 Å². The highest BCUT2D eigenvalue weighted by atomic mass is 32.2. The zero-order valence-electron chi connectivity index (χ0n) is 20.9. The number of amides is 1. The SMILES string of the molecule is Cc1cccc(/C=N/NC(=O)CN2CCN(Cc3ccccc3CS(=O)(=O)c3ccccc3)CC2)c1O. The maximum atomic E-state index is 12.9. The molecule has 0 atom stereocenters. The first-order valence-corrected chi connectivity index (χ1v) is 13.9. The maximum Gasteiger partial charge on any atom is 0.254 e. The Labute approximate surface area is 218 Å². The lowest BCUT2D eigenvalue weighted by Gasteiger charge is -2.34. The summed E-state index contributed by atoms with van der Waals surface area (Å²) in [6.45, 7) is 5.68. The molecule has 1 aliphatic rings. The number of rotatable bonds is 9. The highest BCUT2D eigenvalue weighted by molar-refractivity contribution is 7.90. The summed E-state index contributed by atoms with van der Waals surface area (Å²) in [5, 5.41) is 14.0. The third-order valence-electron chi connectivity index (χ3n) is 6.45. The number of nitrogens with one attached hydrogen (secondary N) is 1. The molecule has 0 aromatic heterocycles. The van der Waals surface area contributed by atoms with Crippen LogP contribution in [0.25, 0.3) is 0 Å². The van der Waals surface area contributed by atoms with Crippen molar-refractivity contribution in [3.63, 3.8) is 0 Å². The Balaban J connectivity index is 1.27. The number of aryl methyl sites for hydroxylation is 1. The summed E-state index contributed by atoms with van der Waals surface area (Å²) in [5.41, 5.74) is 5.63. The molecule has 3 aromatic rings. The van der Waals surface area contributed by atoms with Crippen LogP contribution in [0.5, 0.6) is 5.75 Å². The van der Waals surface area contributed by atoms with Gasteiger partial charge >= 0.3 is 0 Å². The fraction of sp³-hybridized carbons (Fsp3) is 0.286. The Bertz CT molecular complexity index is 1350. The van der Waals surface area contributed by atoms with Crippen LogP contribution in [0.4, 0.5) is 0 Å². The number of aromatic hydroxyl groups is 1. The van der Waals surface area contributed by atoms with Crippen LogP contribution in [-0.4, -0.2) is 68.2 Å². The van der Waals surface area contributed by atoms with E-state index in [0.717, 1.165) is 42.9 Å². The predicted molar refractivity (Wildman–Crippen MR) is 144 cm³/mol. The van der Waals surface area contributed by atoms with Gasteiger partial charge in [-0.1, -0.05) is 54.6 Å². The van der Waals surface area contributed by atoms with Crippen LogP contribution in [0.3, 0.4) is 0 Å². The lowest BCUT2D eigenvalue weighted by molar-refractivity contribution is -0.122. The van der Waals surface area contributed by atoms with Crippen LogP contribution in [0.2, 0.25) is 0 Å². The van der Waals surface area contributed by atoms with E-state index < -0.39 is 9.84 Å². The molecule has 0 aliphatic carbocycles. The molecule has 1 heterocycles. The van der Waals surface area contributed by atoms with E-state index in [1.165, 1.54) is 6.21 Å². The molecule has 1 amide bonds. The van der Waals surface area contributed by atoms with Gasteiger partial charge in [-0.05, 0) is 41.8 Å². The van der Waals surface area contributed by atoms with Gasteiger partial charge in [-0.2, -0.15) is 5.10 Å². The number of piperazine rings is 1. The minimum absolute atomic E-state index is 0.0336. The van der Waals surface area contributed by atoms with E-state index >= 15 is 0 Å². The van der Waals surface area contributed by atoms with Gasteiger partial charge in [-0.15, -0.1) is 0 Å². The van der Waals surface area contributed by atoms with Crippen molar-refractivity contribution in [1.82, 2.24) is 15.2 Å². The number of nitrogens with zero attached hydrogens (tertiary/aromatic N) is 3. The number of sulfone groups is 1. The van der Waals surface area contributed by atoms with Crippen molar-refractivity contribution in [2.75, 3.05) is 32.7 Å². The number of carbonyl (C=O) groups excluding carboxylic acids is 1. The normalized spacial score (nSPS) is 15.2. The second-order valence-corrected chi connectivity index (χ2v) is 11.2. The zero-order valence-corrected chi connectivity index (χ0v) is 21.7. The van der Waals surface area contributed by atoms with Crippen LogP contribution >= 0.6 is 0 Å². The van der Waals surface area contributed by atoms with Crippen molar-refractivity contribution in [2.24, 2.45) is 5.10 Å². The smallest absolute Gasteiger partial charge is 0.254 e. The molecule has 1 aliphatic heterocycles. The van der Waals surface area contributed by atoms with Crippen LogP contribution in [0, 0.1) is 6.92 Å². The van der Waals surface area contributed by atoms with E-state index in [9.17, 15) is 18.3 Å². The molecule has 4 rings (SSSR count). The molecule has 9 heteroatoms. The summed E-state index contributed by atoms with van der Waals surface area (Å²) in [6.07, 6.45) is 1.44. The number of hydrogen-bond donors (Lipinski definition) is 2. The van der Waals surface area contributed by atoms with Gasteiger partial charge in [0.15, 0.2) is 9.84 Å². The summed E-state index contributed by atoms with van der Waals surface area (Å²) in [7, 11) is -3.43. The average molecular weight is 521 g/mol. The molecule has 1 saturated heterocycles. The highest BCUT2D eigenvalue weighted by Gasteiger charge is 2.21. The highest BCUT2D eigenvalue weighted by Crippen LogP contribution is 2.21. The molecule has 3 aromatic carbocycles. The van der Waals surface area contributed by atoms with E-state index in [2.05, 4.69) is 20.3 Å². The molecule has 194 valence electrons. The lowest BCUT2D eigenvalue weighted by atomic mass is 10.1. The van der Waals surface area contributed by atoms with Gasteiger partial charge < -0.3 is 5.11 Å². The van der Waals surface area contributed by atoms with Gasteiger partial charge in [0, 0.05) is 38.3 Å². The quantitative estimate of drug-likeness (QED) is 0.332. The van der Waals surface area contributed by atoms with Gasteiger partial charge in [0.05, 0.1) is 23.4 Å². The van der Waals surface area contributed by atoms with E-state index in [-0.39, 0.29) is 24.0 Å². The van der Waals surface area contributed by atoms with E-state index in [0.29, 0.717) is 17.0 Å². The molecular weight excluding hydrogens is 488 g/mol. The topological polar surface area (TPSA) is 102 Å². The second kappa shape index (κ2) is 12.1. The monoisotopic (exact) mass is 520 g/mol. The molecular formula is C28H32N4O4S. The molecule has 37 heavy (non-hydrogen) atoms. The van der Waals surface area contributed by atoms with Gasteiger partial charge in [0.1, 0.15) is 5.75 Å². The first-order valence-electron chi connectivity index (χ1n) is 12.2.